The fraction of sp³-hybridized carbons (Fsp3) is 0.500. The van der Waals surface area contributed by atoms with Crippen molar-refractivity contribution in [2.24, 2.45) is 0 Å². The van der Waals surface area contributed by atoms with Crippen molar-refractivity contribution in [3.63, 3.8) is 0 Å². The van der Waals surface area contributed by atoms with Crippen LogP contribution in [0.1, 0.15) is 32.4 Å². The van der Waals surface area contributed by atoms with Crippen LogP contribution in [0, 0.1) is 0 Å². The van der Waals surface area contributed by atoms with E-state index in [-0.39, 0.29) is 11.0 Å². The number of imidazole rings is 1. The predicted molar refractivity (Wildman–Crippen MR) is 136 cm³/mol. The van der Waals surface area contributed by atoms with Crippen LogP contribution in [0.25, 0.3) is 11.0 Å². The number of thioether (sulfide) groups is 1. The van der Waals surface area contributed by atoms with Gasteiger partial charge in [0.25, 0.3) is 0 Å². The molecule has 4 rings (SSSR count). The van der Waals surface area contributed by atoms with E-state index >= 15 is 0 Å². The fourth-order valence-corrected chi connectivity index (χ4v) is 6.77. The molecule has 1 unspecified atom stereocenters. The molecule has 1 fully saturated rings. The van der Waals surface area contributed by atoms with Crippen molar-refractivity contribution in [3.05, 3.63) is 36.2 Å². The third-order valence-corrected chi connectivity index (χ3v) is 9.18. The van der Waals surface area contributed by atoms with Gasteiger partial charge in [0.2, 0.25) is 10.0 Å². The Balaban J connectivity index is 1.71. The zero-order chi connectivity index (χ0) is 25.0. The van der Waals surface area contributed by atoms with Crippen molar-refractivity contribution in [2.45, 2.75) is 55.1 Å². The molecule has 0 saturated carbocycles. The van der Waals surface area contributed by atoms with Crippen LogP contribution in [0.2, 0.25) is 0 Å². The van der Waals surface area contributed by atoms with Gasteiger partial charge in [-0.3, -0.25) is 4.98 Å². The summed E-state index contributed by atoms with van der Waals surface area (Å²) in [5.74, 6) is 1.73. The van der Waals surface area contributed by atoms with Crippen LogP contribution in [-0.2, 0) is 27.1 Å². The molecule has 2 aromatic heterocycles. The first kappa shape index (κ1) is 25.7. The predicted octanol–water partition coefficient (Wildman–Crippen LogP) is 3.95. The van der Waals surface area contributed by atoms with Gasteiger partial charge in [-0.1, -0.05) is 25.6 Å². The number of pyridine rings is 1. The van der Waals surface area contributed by atoms with Crippen LogP contribution in [0.5, 0.6) is 11.5 Å². The van der Waals surface area contributed by atoms with Gasteiger partial charge in [-0.25, -0.2) is 13.4 Å². The Morgan fingerprint density at radius 1 is 1.20 bits per heavy atom. The summed E-state index contributed by atoms with van der Waals surface area (Å²) in [6.07, 6.45) is 3.83. The van der Waals surface area contributed by atoms with Gasteiger partial charge in [-0.2, -0.15) is 4.31 Å². The molecule has 9 nitrogen and oxygen atoms in total. The van der Waals surface area contributed by atoms with Gasteiger partial charge in [0.05, 0.1) is 48.5 Å². The van der Waals surface area contributed by atoms with E-state index in [4.69, 9.17) is 19.2 Å². The van der Waals surface area contributed by atoms with Gasteiger partial charge in [-0.05, 0) is 31.0 Å². The molecule has 0 radical (unpaired) electrons. The van der Waals surface area contributed by atoms with Crippen molar-refractivity contribution in [2.75, 3.05) is 33.9 Å². The van der Waals surface area contributed by atoms with Gasteiger partial charge < -0.3 is 18.8 Å². The average molecular weight is 521 g/mol. The minimum absolute atomic E-state index is 0.107. The zero-order valence-corrected chi connectivity index (χ0v) is 22.2. The Bertz CT molecular complexity index is 1270. The number of aromatic nitrogens is 3. The Morgan fingerprint density at radius 3 is 2.66 bits per heavy atom. The largest absolute Gasteiger partial charge is 0.493 e. The SMILES string of the molecule is CCN(CC)S(=O)(=O)c1ccc2c(c1)nc(SCc1nccc(OC)c1OC)n2CC1CCCO1. The first-order valence-electron chi connectivity index (χ1n) is 11.7. The number of ether oxygens (including phenoxy) is 3. The highest BCUT2D eigenvalue weighted by Gasteiger charge is 2.25. The molecule has 0 N–H and O–H groups in total. The molecule has 3 heterocycles. The Hall–Kier alpha value is -2.34. The maximum Gasteiger partial charge on any atom is 0.243 e. The zero-order valence-electron chi connectivity index (χ0n) is 20.6. The topological polar surface area (TPSA) is 95.8 Å². The van der Waals surface area contributed by atoms with Crippen molar-refractivity contribution in [1.29, 1.82) is 0 Å². The van der Waals surface area contributed by atoms with Crippen LogP contribution in [-0.4, -0.2) is 67.3 Å². The third-order valence-electron chi connectivity index (χ3n) is 6.14. The second-order valence-corrected chi connectivity index (χ2v) is 11.0. The number of sulfonamides is 1. The van der Waals surface area contributed by atoms with Crippen molar-refractivity contribution in [3.8, 4) is 11.5 Å². The van der Waals surface area contributed by atoms with E-state index in [1.807, 2.05) is 19.9 Å². The van der Waals surface area contributed by atoms with Gasteiger partial charge in [-0.15, -0.1) is 0 Å². The minimum atomic E-state index is -3.58. The first-order chi connectivity index (χ1) is 16.9. The van der Waals surface area contributed by atoms with Crippen LogP contribution >= 0.6 is 11.8 Å². The van der Waals surface area contributed by atoms with Crippen LogP contribution in [0.4, 0.5) is 0 Å². The van der Waals surface area contributed by atoms with E-state index in [9.17, 15) is 8.42 Å². The van der Waals surface area contributed by atoms with Gasteiger partial charge in [0.1, 0.15) is 0 Å². The molecule has 1 aromatic carbocycles. The van der Waals surface area contributed by atoms with Gasteiger partial charge in [0, 0.05) is 37.7 Å². The normalized spacial score (nSPS) is 16.3. The molecule has 1 aliphatic rings. The highest BCUT2D eigenvalue weighted by molar-refractivity contribution is 7.98. The summed E-state index contributed by atoms with van der Waals surface area (Å²) in [5.41, 5.74) is 2.27. The van der Waals surface area contributed by atoms with Gasteiger partial charge in [0.15, 0.2) is 16.7 Å². The van der Waals surface area contributed by atoms with E-state index in [1.165, 1.54) is 16.1 Å². The summed E-state index contributed by atoms with van der Waals surface area (Å²) >= 11 is 1.53. The summed E-state index contributed by atoms with van der Waals surface area (Å²) in [6.45, 7) is 5.93. The number of methoxy groups -OCH3 is 2. The molecule has 3 aromatic rings. The highest BCUT2D eigenvalue weighted by atomic mass is 32.2. The lowest BCUT2D eigenvalue weighted by Gasteiger charge is -2.18. The molecule has 35 heavy (non-hydrogen) atoms. The van der Waals surface area contributed by atoms with Crippen LogP contribution in [0.3, 0.4) is 0 Å². The van der Waals surface area contributed by atoms with Crippen LogP contribution in [0.15, 0.2) is 40.5 Å². The smallest absolute Gasteiger partial charge is 0.243 e. The molecule has 1 atom stereocenters. The van der Waals surface area contributed by atoms with E-state index in [1.54, 1.807) is 38.6 Å². The molecule has 0 bridgehead atoms. The molecule has 1 saturated heterocycles. The Morgan fingerprint density at radius 2 is 2.00 bits per heavy atom. The maximum atomic E-state index is 13.1. The lowest BCUT2D eigenvalue weighted by Crippen LogP contribution is -2.30. The van der Waals surface area contributed by atoms with Crippen LogP contribution < -0.4 is 9.47 Å². The quantitative estimate of drug-likeness (QED) is 0.351. The molecule has 11 heteroatoms. The minimum Gasteiger partial charge on any atom is -0.493 e. The second-order valence-electron chi connectivity index (χ2n) is 8.16. The van der Waals surface area contributed by atoms with E-state index in [0.717, 1.165) is 35.8 Å². The van der Waals surface area contributed by atoms with Crippen molar-refractivity contribution >= 4 is 32.8 Å². The van der Waals surface area contributed by atoms with E-state index < -0.39 is 10.0 Å². The molecular formula is C24H32N4O5S2. The summed E-state index contributed by atoms with van der Waals surface area (Å²) in [4.78, 5) is 9.57. The fourth-order valence-electron chi connectivity index (χ4n) is 4.33. The monoisotopic (exact) mass is 520 g/mol. The number of fused-ring (bicyclic) bond motifs is 1. The second kappa shape index (κ2) is 11.2. The maximum absolute atomic E-state index is 13.1. The molecule has 1 aliphatic heterocycles. The summed E-state index contributed by atoms with van der Waals surface area (Å²) in [7, 11) is -0.386. The Labute approximate surface area is 210 Å². The average Bonchev–Trinajstić information content (AvgIpc) is 3.50. The third kappa shape index (κ3) is 5.28. The van der Waals surface area contributed by atoms with Crippen molar-refractivity contribution in [1.82, 2.24) is 18.8 Å². The van der Waals surface area contributed by atoms with E-state index in [0.29, 0.717) is 42.4 Å². The lowest BCUT2D eigenvalue weighted by molar-refractivity contribution is 0.0960. The summed E-state index contributed by atoms with van der Waals surface area (Å²) in [6, 6.07) is 6.95. The standard InChI is InChI=1S/C24H32N4O5S2/c1-5-27(6-2)35(29,30)18-9-10-21-19(14-18)26-24(28(21)15-17-8-7-13-33-17)34-16-20-23(32-4)22(31-3)11-12-25-20/h9-12,14,17H,5-8,13,15-16H2,1-4H3. The number of hydrogen-bond acceptors (Lipinski definition) is 8. The summed E-state index contributed by atoms with van der Waals surface area (Å²) in [5, 5.41) is 0.777. The van der Waals surface area contributed by atoms with E-state index in [2.05, 4.69) is 9.55 Å². The van der Waals surface area contributed by atoms with Crippen molar-refractivity contribution < 1.29 is 22.6 Å². The number of nitrogens with zero attached hydrogens (tertiary/aromatic N) is 4. The highest BCUT2D eigenvalue weighted by Crippen LogP contribution is 2.35. The first-order valence-corrected chi connectivity index (χ1v) is 14.2. The molecule has 0 amide bonds. The molecule has 0 aliphatic carbocycles. The lowest BCUT2D eigenvalue weighted by atomic mass is 10.2. The molecular weight excluding hydrogens is 488 g/mol. The Kier molecular flexibility index (Phi) is 8.20. The summed E-state index contributed by atoms with van der Waals surface area (Å²) < 4.78 is 46.6. The number of rotatable bonds is 11. The molecule has 190 valence electrons. The number of hydrogen-bond donors (Lipinski definition) is 0. The number of benzene rings is 1. The van der Waals surface area contributed by atoms with Gasteiger partial charge >= 0.3 is 0 Å². The molecule has 0 spiro atoms.